The molecule has 0 rings (SSSR count). The second-order valence-corrected chi connectivity index (χ2v) is 12.7. The normalized spacial score (nSPS) is 12.2. The molecule has 0 fully saturated rings. The quantitative estimate of drug-likeness (QED) is 0.0447. The summed E-state index contributed by atoms with van der Waals surface area (Å²) in [6.45, 7) is 4.12. The van der Waals surface area contributed by atoms with Crippen molar-refractivity contribution in [2.75, 3.05) is 13.2 Å². The lowest BCUT2D eigenvalue weighted by molar-refractivity contribution is -0.161. The molecule has 0 aromatic carbocycles. The number of ether oxygens (including phenoxy) is 2. The summed E-state index contributed by atoms with van der Waals surface area (Å²) in [5.41, 5.74) is 0. The van der Waals surface area contributed by atoms with E-state index in [1.54, 1.807) is 0 Å². The Balaban J connectivity index is 3.51. The third kappa shape index (κ3) is 33.4. The highest BCUT2D eigenvalue weighted by atomic mass is 16.6. The van der Waals surface area contributed by atoms with E-state index in [9.17, 15) is 14.7 Å². The highest BCUT2D eigenvalue weighted by molar-refractivity contribution is 5.70. The van der Waals surface area contributed by atoms with Gasteiger partial charge in [0, 0.05) is 12.8 Å². The minimum absolute atomic E-state index is 0.0612. The van der Waals surface area contributed by atoms with Gasteiger partial charge in [-0.15, -0.1) is 0 Å². The van der Waals surface area contributed by atoms with E-state index in [0.717, 1.165) is 38.5 Å². The second kappa shape index (κ2) is 35.1. The van der Waals surface area contributed by atoms with Crippen LogP contribution in [0, 0.1) is 0 Å². The number of rotatable bonds is 34. The van der Waals surface area contributed by atoms with Crippen molar-refractivity contribution < 1.29 is 24.2 Å². The molecule has 0 radical (unpaired) electrons. The lowest BCUT2D eigenvalue weighted by Crippen LogP contribution is -2.28. The zero-order chi connectivity index (χ0) is 31.5. The average Bonchev–Trinajstić information content (AvgIpc) is 3.01. The van der Waals surface area contributed by atoms with Crippen LogP contribution < -0.4 is 0 Å². The number of hydrogen-bond donors (Lipinski definition) is 1. The van der Waals surface area contributed by atoms with Gasteiger partial charge >= 0.3 is 11.9 Å². The first-order chi connectivity index (χ1) is 21.1. The Kier molecular flexibility index (Phi) is 34.0. The second-order valence-electron chi connectivity index (χ2n) is 12.7. The molecule has 0 amide bonds. The van der Waals surface area contributed by atoms with Crippen LogP contribution in [0.3, 0.4) is 0 Å². The van der Waals surface area contributed by atoms with Crippen LogP contribution in [0.25, 0.3) is 0 Å². The molecule has 0 bridgehead atoms. The summed E-state index contributed by atoms with van der Waals surface area (Å²) in [5.74, 6) is -0.587. The van der Waals surface area contributed by atoms with Crippen LogP contribution in [0.1, 0.15) is 200 Å². The number of carbonyl (C=O) groups is 2. The van der Waals surface area contributed by atoms with Crippen molar-refractivity contribution in [2.45, 2.75) is 206 Å². The van der Waals surface area contributed by atoms with E-state index in [4.69, 9.17) is 9.47 Å². The van der Waals surface area contributed by atoms with Crippen LogP contribution in [0.4, 0.5) is 0 Å². The van der Waals surface area contributed by atoms with Gasteiger partial charge in [-0.2, -0.15) is 0 Å². The number of carbonyl (C=O) groups excluding carboxylic acids is 2. The number of aliphatic hydroxyl groups excluding tert-OH is 1. The number of hydrogen-bond acceptors (Lipinski definition) is 5. The molecular formula is C38H72O5. The van der Waals surface area contributed by atoms with Crippen molar-refractivity contribution in [3.05, 3.63) is 12.2 Å². The number of esters is 2. The fraction of sp³-hybridized carbons (Fsp3) is 0.895. The summed E-state index contributed by atoms with van der Waals surface area (Å²) in [4.78, 5) is 24.1. The Morgan fingerprint density at radius 1 is 0.512 bits per heavy atom. The first kappa shape index (κ1) is 41.6. The maximum absolute atomic E-state index is 12.1. The number of allylic oxidation sites excluding steroid dienone is 2. The molecule has 0 aliphatic heterocycles. The molecular weight excluding hydrogens is 536 g/mol. The minimum atomic E-state index is -0.764. The monoisotopic (exact) mass is 609 g/mol. The number of unbranched alkanes of at least 4 members (excludes halogenated alkanes) is 24. The van der Waals surface area contributed by atoms with E-state index < -0.39 is 6.10 Å². The molecule has 43 heavy (non-hydrogen) atoms. The van der Waals surface area contributed by atoms with Gasteiger partial charge in [0.2, 0.25) is 0 Å². The van der Waals surface area contributed by atoms with Crippen LogP contribution in [0.2, 0.25) is 0 Å². The van der Waals surface area contributed by atoms with Crippen molar-refractivity contribution in [1.29, 1.82) is 0 Å². The molecule has 0 aliphatic carbocycles. The summed E-state index contributed by atoms with van der Waals surface area (Å²) in [6, 6.07) is 0. The van der Waals surface area contributed by atoms with Crippen molar-refractivity contribution in [2.24, 2.45) is 0 Å². The molecule has 0 aliphatic rings. The Morgan fingerprint density at radius 2 is 0.860 bits per heavy atom. The van der Waals surface area contributed by atoms with E-state index in [1.807, 2.05) is 0 Å². The average molecular weight is 609 g/mol. The van der Waals surface area contributed by atoms with E-state index in [1.165, 1.54) is 135 Å². The van der Waals surface area contributed by atoms with Crippen molar-refractivity contribution in [1.82, 2.24) is 0 Å². The van der Waals surface area contributed by atoms with Crippen LogP contribution in [-0.2, 0) is 19.1 Å². The molecule has 0 aromatic heterocycles. The topological polar surface area (TPSA) is 72.8 Å². The molecule has 1 atom stereocenters. The molecule has 0 saturated heterocycles. The fourth-order valence-electron chi connectivity index (χ4n) is 5.43. The summed E-state index contributed by atoms with van der Waals surface area (Å²) >= 11 is 0. The summed E-state index contributed by atoms with van der Waals surface area (Å²) < 4.78 is 10.6. The van der Waals surface area contributed by atoms with Crippen LogP contribution in [-0.4, -0.2) is 36.4 Å². The predicted molar refractivity (Wildman–Crippen MR) is 182 cm³/mol. The van der Waals surface area contributed by atoms with E-state index >= 15 is 0 Å². The van der Waals surface area contributed by atoms with Crippen LogP contribution in [0.15, 0.2) is 12.2 Å². The zero-order valence-corrected chi connectivity index (χ0v) is 28.7. The summed E-state index contributed by atoms with van der Waals surface area (Å²) in [5, 5.41) is 9.51. The summed E-state index contributed by atoms with van der Waals surface area (Å²) in [6.07, 6.45) is 38.4. The number of aliphatic hydroxyl groups is 1. The summed E-state index contributed by atoms with van der Waals surface area (Å²) in [7, 11) is 0. The predicted octanol–water partition coefficient (Wildman–Crippen LogP) is 11.3. The lowest BCUT2D eigenvalue weighted by atomic mass is 10.1. The molecule has 5 nitrogen and oxygen atoms in total. The molecule has 0 heterocycles. The SMILES string of the molecule is CCCCCCCC/C=C\CCCCCCCCCCCC(=O)OC(CO)COC(=O)CCCCCCCCCCCC. The maximum atomic E-state index is 12.1. The Bertz CT molecular complexity index is 617. The molecule has 0 spiro atoms. The molecule has 1 N–H and O–H groups in total. The van der Waals surface area contributed by atoms with Crippen LogP contribution >= 0.6 is 0 Å². The fourth-order valence-corrected chi connectivity index (χ4v) is 5.43. The van der Waals surface area contributed by atoms with Crippen molar-refractivity contribution in [3.63, 3.8) is 0 Å². The maximum Gasteiger partial charge on any atom is 0.306 e. The van der Waals surface area contributed by atoms with Gasteiger partial charge in [0.05, 0.1) is 6.61 Å². The van der Waals surface area contributed by atoms with E-state index in [-0.39, 0.29) is 25.2 Å². The third-order valence-corrected chi connectivity index (χ3v) is 8.31. The van der Waals surface area contributed by atoms with Gasteiger partial charge in [0.25, 0.3) is 0 Å². The third-order valence-electron chi connectivity index (χ3n) is 8.31. The highest BCUT2D eigenvalue weighted by Gasteiger charge is 2.16. The Hall–Kier alpha value is -1.36. The van der Waals surface area contributed by atoms with Gasteiger partial charge in [0.15, 0.2) is 6.10 Å². The van der Waals surface area contributed by atoms with Gasteiger partial charge in [-0.25, -0.2) is 0 Å². The van der Waals surface area contributed by atoms with Crippen molar-refractivity contribution in [3.8, 4) is 0 Å². The molecule has 0 saturated carbocycles. The van der Waals surface area contributed by atoms with Gasteiger partial charge in [-0.1, -0.05) is 161 Å². The van der Waals surface area contributed by atoms with Gasteiger partial charge in [-0.05, 0) is 38.5 Å². The Morgan fingerprint density at radius 3 is 1.26 bits per heavy atom. The lowest BCUT2D eigenvalue weighted by Gasteiger charge is -2.15. The smallest absolute Gasteiger partial charge is 0.306 e. The largest absolute Gasteiger partial charge is 0.462 e. The first-order valence-corrected chi connectivity index (χ1v) is 18.7. The van der Waals surface area contributed by atoms with E-state index in [0.29, 0.717) is 12.8 Å². The molecule has 1 unspecified atom stereocenters. The molecule has 254 valence electrons. The van der Waals surface area contributed by atoms with Gasteiger partial charge in [0.1, 0.15) is 6.61 Å². The minimum Gasteiger partial charge on any atom is -0.462 e. The van der Waals surface area contributed by atoms with Gasteiger partial charge in [-0.3, -0.25) is 9.59 Å². The molecule has 5 heteroatoms. The standard InChI is InChI=1S/C38H72O5/c1-3-5-7-9-11-13-15-16-17-18-19-20-21-22-23-25-27-29-31-33-38(41)43-36(34-39)35-42-37(40)32-30-28-26-24-14-12-10-8-6-4-2/h16-17,36,39H,3-15,18-35H2,1-2H3/b17-16-. The van der Waals surface area contributed by atoms with E-state index in [2.05, 4.69) is 26.0 Å². The van der Waals surface area contributed by atoms with Crippen LogP contribution in [0.5, 0.6) is 0 Å². The zero-order valence-electron chi connectivity index (χ0n) is 28.7. The van der Waals surface area contributed by atoms with Crippen molar-refractivity contribution >= 4 is 11.9 Å². The highest BCUT2D eigenvalue weighted by Crippen LogP contribution is 2.14. The Labute approximate surface area is 267 Å². The van der Waals surface area contributed by atoms with Gasteiger partial charge < -0.3 is 14.6 Å². The first-order valence-electron chi connectivity index (χ1n) is 18.7. The molecule has 0 aromatic rings.